The van der Waals surface area contributed by atoms with E-state index < -0.39 is 21.7 Å². The second kappa shape index (κ2) is 13.9. The first-order valence-electron chi connectivity index (χ1n) is 13.4. The highest BCUT2D eigenvalue weighted by molar-refractivity contribution is 7.92. The molecular formula is C32H34ClN3O6S. The fourth-order valence-electron chi connectivity index (χ4n) is 4.34. The Balaban J connectivity index is 1.56. The van der Waals surface area contributed by atoms with Gasteiger partial charge in [-0.05, 0) is 72.1 Å². The monoisotopic (exact) mass is 623 g/mol. The maximum absolute atomic E-state index is 13.7. The lowest BCUT2D eigenvalue weighted by molar-refractivity contribution is -0.122. The normalized spacial score (nSPS) is 13.4. The summed E-state index contributed by atoms with van der Waals surface area (Å²) in [6.45, 7) is 1.90. The minimum absolute atomic E-state index is 0.0426. The standard InChI is InChI=1S/C32H34ClN3O6S/c1-32(24-10-16-27(41-2)17-11-24,31(38)35-26-14-12-25(33)13-15-26)34-20-29(37)23-9-18-30(28(19-23)36-43(3,39)40)42-21-22-7-5-4-6-8-22/h4-19,29,34,36-37H,20-21H2,1-3H3,(H,35,38). The number of rotatable bonds is 13. The molecule has 0 bridgehead atoms. The molecule has 4 aromatic carbocycles. The van der Waals surface area contributed by atoms with E-state index in [0.29, 0.717) is 33.3 Å². The summed E-state index contributed by atoms with van der Waals surface area (Å²) in [4.78, 5) is 13.7. The molecule has 2 unspecified atom stereocenters. The highest BCUT2D eigenvalue weighted by Crippen LogP contribution is 2.31. The third-order valence-electron chi connectivity index (χ3n) is 6.79. The molecule has 0 aromatic heterocycles. The van der Waals surface area contributed by atoms with Gasteiger partial charge >= 0.3 is 0 Å². The van der Waals surface area contributed by atoms with Crippen molar-refractivity contribution in [1.82, 2.24) is 5.32 Å². The van der Waals surface area contributed by atoms with Crippen molar-refractivity contribution in [3.8, 4) is 11.5 Å². The van der Waals surface area contributed by atoms with Gasteiger partial charge in [-0.2, -0.15) is 0 Å². The molecule has 0 aliphatic heterocycles. The average molecular weight is 624 g/mol. The molecule has 4 N–H and O–H groups in total. The van der Waals surface area contributed by atoms with Gasteiger partial charge in [0.1, 0.15) is 23.6 Å². The summed E-state index contributed by atoms with van der Waals surface area (Å²) in [6.07, 6.45) is -0.0673. The van der Waals surface area contributed by atoms with Crippen LogP contribution in [0.2, 0.25) is 5.02 Å². The lowest BCUT2D eigenvalue weighted by atomic mass is 9.90. The van der Waals surface area contributed by atoms with Crippen molar-refractivity contribution >= 4 is 38.9 Å². The Labute approximate surface area is 256 Å². The lowest BCUT2D eigenvalue weighted by Gasteiger charge is -2.31. The van der Waals surface area contributed by atoms with Crippen molar-refractivity contribution in [2.45, 2.75) is 25.2 Å². The van der Waals surface area contributed by atoms with Crippen molar-refractivity contribution in [1.29, 1.82) is 0 Å². The van der Waals surface area contributed by atoms with Gasteiger partial charge in [-0.25, -0.2) is 8.42 Å². The number of aliphatic hydroxyl groups excluding tert-OH is 1. The zero-order valence-corrected chi connectivity index (χ0v) is 25.6. The molecule has 1 amide bonds. The molecule has 9 nitrogen and oxygen atoms in total. The number of anilines is 2. The van der Waals surface area contributed by atoms with Crippen molar-refractivity contribution in [3.05, 3.63) is 119 Å². The van der Waals surface area contributed by atoms with Gasteiger partial charge in [0.25, 0.3) is 0 Å². The largest absolute Gasteiger partial charge is 0.497 e. The number of amides is 1. The van der Waals surface area contributed by atoms with Crippen LogP contribution >= 0.6 is 11.6 Å². The first kappa shape index (κ1) is 31.8. The molecule has 0 fully saturated rings. The number of hydrogen-bond acceptors (Lipinski definition) is 7. The number of hydrogen-bond donors (Lipinski definition) is 4. The molecule has 0 spiro atoms. The Bertz CT molecular complexity index is 1630. The summed E-state index contributed by atoms with van der Waals surface area (Å²) in [5, 5.41) is 17.8. The second-order valence-corrected chi connectivity index (χ2v) is 12.3. The molecule has 226 valence electrons. The van der Waals surface area contributed by atoms with Crippen LogP contribution in [-0.2, 0) is 27.0 Å². The first-order valence-corrected chi connectivity index (χ1v) is 15.7. The van der Waals surface area contributed by atoms with Gasteiger partial charge in [0.05, 0.1) is 25.2 Å². The van der Waals surface area contributed by atoms with Crippen LogP contribution in [-0.4, -0.2) is 39.3 Å². The fraction of sp³-hybridized carbons (Fsp3) is 0.219. The SMILES string of the molecule is COc1ccc(C(C)(NCC(O)c2ccc(OCc3ccccc3)c(NS(C)(=O)=O)c2)C(=O)Nc2ccc(Cl)cc2)cc1. The number of ether oxygens (including phenoxy) is 2. The van der Waals surface area contributed by atoms with Crippen molar-refractivity contribution in [2.24, 2.45) is 0 Å². The maximum atomic E-state index is 13.7. The molecule has 0 saturated carbocycles. The molecule has 0 saturated heterocycles. The van der Waals surface area contributed by atoms with Gasteiger partial charge in [0.2, 0.25) is 15.9 Å². The van der Waals surface area contributed by atoms with Crippen LogP contribution in [0.5, 0.6) is 11.5 Å². The molecule has 0 heterocycles. The zero-order valence-electron chi connectivity index (χ0n) is 24.0. The van der Waals surface area contributed by atoms with Gasteiger partial charge in [0.15, 0.2) is 0 Å². The molecule has 0 radical (unpaired) electrons. The van der Waals surface area contributed by atoms with E-state index >= 15 is 0 Å². The smallest absolute Gasteiger partial charge is 0.249 e. The van der Waals surface area contributed by atoms with E-state index in [0.717, 1.165) is 11.8 Å². The van der Waals surface area contributed by atoms with Crippen LogP contribution < -0.4 is 24.8 Å². The van der Waals surface area contributed by atoms with Gasteiger partial charge in [-0.15, -0.1) is 0 Å². The third kappa shape index (κ3) is 8.71. The predicted octanol–water partition coefficient (Wildman–Crippen LogP) is 5.48. The van der Waals surface area contributed by atoms with Crippen LogP contribution in [0.3, 0.4) is 0 Å². The summed E-state index contributed by atoms with van der Waals surface area (Å²) in [7, 11) is -2.09. The van der Waals surface area contributed by atoms with Gasteiger partial charge in [-0.3, -0.25) is 14.8 Å². The lowest BCUT2D eigenvalue weighted by Crippen LogP contribution is -2.50. The average Bonchev–Trinajstić information content (AvgIpc) is 3.00. The van der Waals surface area contributed by atoms with E-state index in [9.17, 15) is 18.3 Å². The van der Waals surface area contributed by atoms with E-state index in [1.807, 2.05) is 30.3 Å². The minimum Gasteiger partial charge on any atom is -0.497 e. The second-order valence-electron chi connectivity index (χ2n) is 10.1. The maximum Gasteiger partial charge on any atom is 0.249 e. The Morgan fingerprint density at radius 2 is 1.65 bits per heavy atom. The van der Waals surface area contributed by atoms with Gasteiger partial charge < -0.3 is 19.9 Å². The number of carbonyl (C=O) groups is 1. The number of benzene rings is 4. The molecule has 0 aliphatic carbocycles. The molecule has 4 rings (SSSR count). The summed E-state index contributed by atoms with van der Waals surface area (Å²) >= 11 is 6.00. The summed E-state index contributed by atoms with van der Waals surface area (Å²) in [5.41, 5.74) is 1.43. The Kier molecular flexibility index (Phi) is 10.3. The van der Waals surface area contributed by atoms with Gasteiger partial charge in [0, 0.05) is 17.3 Å². The summed E-state index contributed by atoms with van der Waals surface area (Å²) in [5.74, 6) is 0.574. The van der Waals surface area contributed by atoms with Gasteiger partial charge in [-0.1, -0.05) is 60.1 Å². The Hall–Kier alpha value is -4.09. The molecule has 0 aliphatic rings. The summed E-state index contributed by atoms with van der Waals surface area (Å²) in [6, 6.07) is 28.0. The van der Waals surface area contributed by atoms with Crippen LogP contribution in [0.25, 0.3) is 0 Å². The van der Waals surface area contributed by atoms with Crippen LogP contribution in [0.1, 0.15) is 29.7 Å². The highest BCUT2D eigenvalue weighted by Gasteiger charge is 2.35. The van der Waals surface area contributed by atoms with Crippen LogP contribution in [0.4, 0.5) is 11.4 Å². The van der Waals surface area contributed by atoms with Crippen molar-refractivity contribution in [2.75, 3.05) is 29.9 Å². The third-order valence-corrected chi connectivity index (χ3v) is 7.64. The Morgan fingerprint density at radius 1 is 0.977 bits per heavy atom. The topological polar surface area (TPSA) is 126 Å². The number of methoxy groups -OCH3 is 1. The highest BCUT2D eigenvalue weighted by atomic mass is 35.5. The number of halogens is 1. The van der Waals surface area contributed by atoms with E-state index in [-0.39, 0.29) is 24.7 Å². The Morgan fingerprint density at radius 3 is 2.28 bits per heavy atom. The molecule has 4 aromatic rings. The zero-order chi connectivity index (χ0) is 31.0. The molecule has 43 heavy (non-hydrogen) atoms. The number of nitrogens with one attached hydrogen (secondary N) is 3. The first-order chi connectivity index (χ1) is 20.5. The van der Waals surface area contributed by atoms with Crippen molar-refractivity contribution in [3.63, 3.8) is 0 Å². The molecule has 11 heteroatoms. The quantitative estimate of drug-likeness (QED) is 0.155. The molecular weight excluding hydrogens is 590 g/mol. The van der Waals surface area contributed by atoms with Crippen LogP contribution in [0.15, 0.2) is 97.1 Å². The predicted molar refractivity (Wildman–Crippen MR) is 169 cm³/mol. The van der Waals surface area contributed by atoms with E-state index in [4.69, 9.17) is 21.1 Å². The minimum atomic E-state index is -3.64. The number of sulfonamides is 1. The van der Waals surface area contributed by atoms with E-state index in [2.05, 4.69) is 15.4 Å². The van der Waals surface area contributed by atoms with E-state index in [1.165, 1.54) is 6.07 Å². The molecule has 2 atom stereocenters. The van der Waals surface area contributed by atoms with Crippen molar-refractivity contribution < 1.29 is 27.8 Å². The van der Waals surface area contributed by atoms with Crippen LogP contribution in [0, 0.1) is 0 Å². The summed E-state index contributed by atoms with van der Waals surface area (Å²) < 4.78 is 37.9. The number of carbonyl (C=O) groups excluding carboxylic acids is 1. The van der Waals surface area contributed by atoms with E-state index in [1.54, 1.807) is 74.7 Å². The fourth-order valence-corrected chi connectivity index (χ4v) is 5.03. The number of aliphatic hydroxyl groups is 1.